The van der Waals surface area contributed by atoms with Crippen molar-refractivity contribution in [1.29, 1.82) is 0 Å². The molecule has 0 amide bonds. The Bertz CT molecular complexity index is 814. The Balaban J connectivity index is 2.06. The van der Waals surface area contributed by atoms with E-state index >= 15 is 0 Å². The average molecular weight is 338 g/mol. The van der Waals surface area contributed by atoms with Crippen molar-refractivity contribution in [2.24, 2.45) is 0 Å². The van der Waals surface area contributed by atoms with E-state index in [0.717, 1.165) is 42.2 Å². The van der Waals surface area contributed by atoms with Crippen molar-refractivity contribution >= 4 is 32.7 Å². The van der Waals surface area contributed by atoms with Crippen molar-refractivity contribution < 1.29 is 13.3 Å². The molecule has 0 aliphatic carbocycles. The zero-order valence-electron chi connectivity index (χ0n) is 11.6. The molecule has 8 heteroatoms. The van der Waals surface area contributed by atoms with Crippen LogP contribution in [0.3, 0.4) is 0 Å². The topological polar surface area (TPSA) is 80.5 Å². The summed E-state index contributed by atoms with van der Waals surface area (Å²) in [5.41, 5.74) is 1.48. The number of anilines is 1. The number of nitrogens with zero attached hydrogens (tertiary/aromatic N) is 2. The Morgan fingerprint density at radius 2 is 2.00 bits per heavy atom. The molecule has 0 saturated heterocycles. The van der Waals surface area contributed by atoms with Crippen LogP contribution in [0.15, 0.2) is 39.9 Å². The molecule has 1 aromatic heterocycles. The lowest BCUT2D eigenvalue weighted by molar-refractivity contribution is -0.384. The highest BCUT2D eigenvalue weighted by atomic mass is 32.2. The zero-order chi connectivity index (χ0) is 15.7. The van der Waals surface area contributed by atoms with Crippen LogP contribution in [0.5, 0.6) is 0 Å². The number of benzene rings is 1. The summed E-state index contributed by atoms with van der Waals surface area (Å²) in [6.45, 7) is 0.394. The molecule has 0 fully saturated rings. The van der Waals surface area contributed by atoms with Gasteiger partial charge in [0.15, 0.2) is 0 Å². The van der Waals surface area contributed by atoms with Crippen molar-refractivity contribution in [2.75, 3.05) is 10.8 Å². The summed E-state index contributed by atoms with van der Waals surface area (Å²) in [5.74, 6) is 0. The van der Waals surface area contributed by atoms with E-state index in [1.807, 2.05) is 18.2 Å². The number of rotatable bonds is 3. The predicted octanol–water partition coefficient (Wildman–Crippen LogP) is 3.19. The zero-order valence-corrected chi connectivity index (χ0v) is 13.3. The van der Waals surface area contributed by atoms with E-state index in [1.54, 1.807) is 6.07 Å². The number of thiophene rings is 1. The third-order valence-corrected chi connectivity index (χ3v) is 6.85. The van der Waals surface area contributed by atoms with Gasteiger partial charge < -0.3 is 0 Å². The predicted molar refractivity (Wildman–Crippen MR) is 84.9 cm³/mol. The van der Waals surface area contributed by atoms with E-state index in [1.165, 1.54) is 9.69 Å². The second-order valence-corrected chi connectivity index (χ2v) is 8.04. The van der Waals surface area contributed by atoms with Gasteiger partial charge in [-0.3, -0.25) is 14.4 Å². The molecule has 1 aliphatic heterocycles. The maximum atomic E-state index is 12.9. The molecule has 0 N–H and O–H groups in total. The number of aryl methyl sites for hydroxylation is 1. The lowest BCUT2D eigenvalue weighted by atomic mass is 10.1. The van der Waals surface area contributed by atoms with Gasteiger partial charge in [0.05, 0.1) is 16.0 Å². The highest BCUT2D eigenvalue weighted by Gasteiger charge is 2.30. The second-order valence-electron chi connectivity index (χ2n) is 5.04. The fraction of sp³-hybridized carbons (Fsp3) is 0.286. The van der Waals surface area contributed by atoms with Crippen LogP contribution in [0.25, 0.3) is 0 Å². The van der Waals surface area contributed by atoms with Gasteiger partial charge in [0.2, 0.25) is 0 Å². The van der Waals surface area contributed by atoms with Gasteiger partial charge in [-0.25, -0.2) is 8.42 Å². The Hall–Kier alpha value is -1.93. The number of sulfonamides is 1. The van der Waals surface area contributed by atoms with Crippen molar-refractivity contribution in [3.8, 4) is 0 Å². The minimum atomic E-state index is -3.76. The van der Waals surface area contributed by atoms with Crippen molar-refractivity contribution in [3.05, 3.63) is 51.4 Å². The Kier molecular flexibility index (Phi) is 3.88. The summed E-state index contributed by atoms with van der Waals surface area (Å²) in [4.78, 5) is 10.2. The summed E-state index contributed by atoms with van der Waals surface area (Å²) < 4.78 is 27.1. The second kappa shape index (κ2) is 5.69. The minimum Gasteiger partial charge on any atom is -0.265 e. The first-order valence-corrected chi connectivity index (χ1v) is 9.16. The highest BCUT2D eigenvalue weighted by Crippen LogP contribution is 2.34. The van der Waals surface area contributed by atoms with Gasteiger partial charge in [0, 0.05) is 12.6 Å². The van der Waals surface area contributed by atoms with Crippen LogP contribution >= 0.6 is 11.3 Å². The molecule has 2 aromatic rings. The molecule has 0 atom stereocenters. The molecule has 1 aliphatic rings. The first kappa shape index (κ1) is 15.0. The molecule has 3 rings (SSSR count). The molecular formula is C14H14N2O4S2. The number of para-hydroxylation sites is 1. The highest BCUT2D eigenvalue weighted by molar-refractivity contribution is 7.94. The number of nitro groups is 1. The molecule has 22 heavy (non-hydrogen) atoms. The van der Waals surface area contributed by atoms with Gasteiger partial charge in [-0.1, -0.05) is 18.2 Å². The lowest BCUT2D eigenvalue weighted by Gasteiger charge is -2.23. The van der Waals surface area contributed by atoms with Gasteiger partial charge in [0.1, 0.15) is 4.21 Å². The fourth-order valence-electron chi connectivity index (χ4n) is 2.55. The lowest BCUT2D eigenvalue weighted by Crippen LogP contribution is -2.31. The quantitative estimate of drug-likeness (QED) is 0.636. The van der Waals surface area contributed by atoms with Crippen LogP contribution in [-0.4, -0.2) is 19.9 Å². The Morgan fingerprint density at radius 1 is 1.23 bits per heavy atom. The monoisotopic (exact) mass is 338 g/mol. The van der Waals surface area contributed by atoms with E-state index in [-0.39, 0.29) is 9.90 Å². The normalized spacial score (nSPS) is 15.2. The summed E-state index contributed by atoms with van der Waals surface area (Å²) in [5, 5.41) is 12.0. The molecule has 2 heterocycles. The van der Waals surface area contributed by atoms with Crippen molar-refractivity contribution in [2.45, 2.75) is 23.5 Å². The molecule has 0 saturated carbocycles. The van der Waals surface area contributed by atoms with E-state index in [2.05, 4.69) is 0 Å². The van der Waals surface area contributed by atoms with Crippen LogP contribution in [0.4, 0.5) is 11.4 Å². The first-order chi connectivity index (χ1) is 10.5. The van der Waals surface area contributed by atoms with E-state index in [9.17, 15) is 18.5 Å². The number of hydrogen-bond acceptors (Lipinski definition) is 5. The smallest absolute Gasteiger partial charge is 0.265 e. The molecule has 116 valence electrons. The molecule has 1 aromatic carbocycles. The number of fused-ring (bicyclic) bond motifs is 1. The fourth-order valence-corrected chi connectivity index (χ4v) is 5.33. The molecule has 0 radical (unpaired) electrons. The standard InChI is InChI=1S/C14H14N2O4S2/c17-16(18)12-9-14(21-10-12)22(19,20)15-8-4-3-6-11-5-1-2-7-13(11)15/h1-2,5,7,9-10H,3-4,6,8H2. The van der Waals surface area contributed by atoms with Gasteiger partial charge in [0.25, 0.3) is 15.7 Å². The van der Waals surface area contributed by atoms with Crippen LogP contribution < -0.4 is 4.31 Å². The van der Waals surface area contributed by atoms with Crippen LogP contribution in [0, 0.1) is 10.1 Å². The SMILES string of the molecule is O=[N+]([O-])c1csc(S(=O)(=O)N2CCCCc3ccccc32)c1. The van der Waals surface area contributed by atoms with Gasteiger partial charge >= 0.3 is 0 Å². The van der Waals surface area contributed by atoms with Crippen LogP contribution in [-0.2, 0) is 16.4 Å². The van der Waals surface area contributed by atoms with Crippen molar-refractivity contribution in [3.63, 3.8) is 0 Å². The number of hydrogen-bond donors (Lipinski definition) is 0. The molecule has 0 spiro atoms. The Morgan fingerprint density at radius 3 is 2.73 bits per heavy atom. The van der Waals surface area contributed by atoms with E-state index in [4.69, 9.17) is 0 Å². The third kappa shape index (κ3) is 2.59. The minimum absolute atomic E-state index is 0.0101. The first-order valence-electron chi connectivity index (χ1n) is 6.84. The van der Waals surface area contributed by atoms with Crippen molar-refractivity contribution in [1.82, 2.24) is 0 Å². The third-order valence-electron chi connectivity index (χ3n) is 3.63. The maximum absolute atomic E-state index is 12.9. The molecule has 6 nitrogen and oxygen atoms in total. The molecule has 0 unspecified atom stereocenters. The molecule has 0 bridgehead atoms. The summed E-state index contributed by atoms with van der Waals surface area (Å²) in [6, 6.07) is 8.56. The summed E-state index contributed by atoms with van der Waals surface area (Å²) in [6.07, 6.45) is 2.53. The average Bonchev–Trinajstić information content (AvgIpc) is 2.89. The maximum Gasteiger partial charge on any atom is 0.281 e. The van der Waals surface area contributed by atoms with Gasteiger partial charge in [-0.2, -0.15) is 0 Å². The van der Waals surface area contributed by atoms with Crippen LogP contribution in [0.1, 0.15) is 18.4 Å². The van der Waals surface area contributed by atoms with Crippen LogP contribution in [0.2, 0.25) is 0 Å². The van der Waals surface area contributed by atoms with Gasteiger partial charge in [-0.15, -0.1) is 11.3 Å². The molecular weight excluding hydrogens is 324 g/mol. The summed E-state index contributed by atoms with van der Waals surface area (Å²) >= 11 is 0.889. The Labute approximate surface area is 132 Å². The van der Waals surface area contributed by atoms with Gasteiger partial charge in [-0.05, 0) is 30.9 Å². The van der Waals surface area contributed by atoms with E-state index in [0.29, 0.717) is 12.2 Å². The largest absolute Gasteiger partial charge is 0.281 e. The van der Waals surface area contributed by atoms with E-state index < -0.39 is 14.9 Å². The summed E-state index contributed by atoms with van der Waals surface area (Å²) in [7, 11) is -3.76.